The molecule has 3 aromatic rings. The van der Waals surface area contributed by atoms with Crippen molar-refractivity contribution in [2.45, 2.75) is 23.6 Å². The van der Waals surface area contributed by atoms with Gasteiger partial charge in [-0.15, -0.1) is 0 Å². The second-order valence-corrected chi connectivity index (χ2v) is 10.1. The lowest BCUT2D eigenvalue weighted by Crippen LogP contribution is -2.38. The number of nitrogens with zero attached hydrogens (tertiary/aromatic N) is 2. The molecule has 0 aliphatic carbocycles. The molecular weight excluding hydrogens is 445 g/mol. The molecule has 0 saturated carbocycles. The number of aromatic nitrogens is 1. The van der Waals surface area contributed by atoms with Crippen molar-refractivity contribution in [3.63, 3.8) is 0 Å². The van der Waals surface area contributed by atoms with Crippen LogP contribution in [0.1, 0.15) is 12.0 Å². The Morgan fingerprint density at radius 2 is 1.79 bits per heavy atom. The molecule has 4 rings (SSSR count). The van der Waals surface area contributed by atoms with Gasteiger partial charge in [-0.3, -0.25) is 9.69 Å². The molecule has 2 aromatic carbocycles. The number of morpholine rings is 1. The van der Waals surface area contributed by atoms with E-state index in [4.69, 9.17) is 4.74 Å². The molecule has 1 fully saturated rings. The molecule has 7 nitrogen and oxygen atoms in total. The average molecular weight is 474 g/mol. The Bertz CT molecular complexity index is 1200. The SMILES string of the molecule is O=C(Cn1cc(S(=O)(=O)Cc2ccc(F)cc2)c2ccccc21)NCCCN1CCOCC1. The first-order valence-corrected chi connectivity index (χ1v) is 12.7. The number of para-hydroxylation sites is 1. The summed E-state index contributed by atoms with van der Waals surface area (Å²) in [7, 11) is -3.69. The lowest BCUT2D eigenvalue weighted by molar-refractivity contribution is -0.121. The number of fused-ring (bicyclic) bond motifs is 1. The summed E-state index contributed by atoms with van der Waals surface area (Å²) < 4.78 is 46.5. The highest BCUT2D eigenvalue weighted by Crippen LogP contribution is 2.28. The van der Waals surface area contributed by atoms with E-state index in [0.29, 0.717) is 23.0 Å². The number of carbonyl (C=O) groups is 1. The van der Waals surface area contributed by atoms with Crippen molar-refractivity contribution >= 4 is 26.6 Å². The van der Waals surface area contributed by atoms with Gasteiger partial charge < -0.3 is 14.6 Å². The third-order valence-corrected chi connectivity index (χ3v) is 7.46. The standard InChI is InChI=1S/C24H28FN3O4S/c25-20-8-6-19(7-9-20)18-33(30,31)23-16-28(22-5-2-1-4-21(22)23)17-24(29)26-10-3-11-27-12-14-32-15-13-27/h1-2,4-9,16H,3,10-15,17-18H2,(H,26,29). The molecule has 0 atom stereocenters. The molecule has 33 heavy (non-hydrogen) atoms. The number of amides is 1. The van der Waals surface area contributed by atoms with Crippen LogP contribution < -0.4 is 5.32 Å². The normalized spacial score (nSPS) is 15.1. The zero-order chi connectivity index (χ0) is 23.3. The van der Waals surface area contributed by atoms with E-state index in [1.807, 2.05) is 6.07 Å². The Hall–Kier alpha value is -2.75. The van der Waals surface area contributed by atoms with Crippen LogP contribution in [0.3, 0.4) is 0 Å². The summed E-state index contributed by atoms with van der Waals surface area (Å²) in [6.45, 7) is 4.83. The summed E-state index contributed by atoms with van der Waals surface area (Å²) >= 11 is 0. The summed E-state index contributed by atoms with van der Waals surface area (Å²) in [6.07, 6.45) is 2.37. The first-order valence-electron chi connectivity index (χ1n) is 11.0. The molecule has 1 aliphatic heterocycles. The topological polar surface area (TPSA) is 80.6 Å². The molecule has 1 N–H and O–H groups in total. The van der Waals surface area contributed by atoms with Gasteiger partial charge in [-0.05, 0) is 36.7 Å². The van der Waals surface area contributed by atoms with Crippen molar-refractivity contribution in [1.82, 2.24) is 14.8 Å². The molecule has 176 valence electrons. The van der Waals surface area contributed by atoms with Crippen LogP contribution in [0.15, 0.2) is 59.6 Å². The monoisotopic (exact) mass is 473 g/mol. The van der Waals surface area contributed by atoms with E-state index in [1.165, 1.54) is 30.5 Å². The van der Waals surface area contributed by atoms with E-state index in [0.717, 1.165) is 39.3 Å². The predicted octanol–water partition coefficient (Wildman–Crippen LogP) is 2.59. The van der Waals surface area contributed by atoms with E-state index < -0.39 is 15.7 Å². The molecule has 9 heteroatoms. The van der Waals surface area contributed by atoms with E-state index in [1.54, 1.807) is 22.8 Å². The van der Waals surface area contributed by atoms with Gasteiger partial charge in [0.05, 0.1) is 23.9 Å². The fourth-order valence-electron chi connectivity index (χ4n) is 4.04. The molecule has 1 amide bonds. The fraction of sp³-hybridized carbons (Fsp3) is 0.375. The highest BCUT2D eigenvalue weighted by atomic mass is 32.2. The number of benzene rings is 2. The largest absolute Gasteiger partial charge is 0.379 e. The van der Waals surface area contributed by atoms with Gasteiger partial charge in [0.25, 0.3) is 0 Å². The molecule has 0 unspecified atom stereocenters. The molecule has 1 aromatic heterocycles. The van der Waals surface area contributed by atoms with Crippen molar-refractivity contribution in [3.8, 4) is 0 Å². The van der Waals surface area contributed by atoms with Gasteiger partial charge in [-0.1, -0.05) is 30.3 Å². The van der Waals surface area contributed by atoms with Gasteiger partial charge in [0.2, 0.25) is 5.91 Å². The minimum absolute atomic E-state index is 0.0319. The van der Waals surface area contributed by atoms with Gasteiger partial charge in [-0.2, -0.15) is 0 Å². The number of hydrogen-bond acceptors (Lipinski definition) is 5. The zero-order valence-corrected chi connectivity index (χ0v) is 19.2. The van der Waals surface area contributed by atoms with Crippen molar-refractivity contribution in [1.29, 1.82) is 0 Å². The number of nitrogens with one attached hydrogen (secondary N) is 1. The zero-order valence-electron chi connectivity index (χ0n) is 18.4. The lowest BCUT2D eigenvalue weighted by Gasteiger charge is -2.26. The third kappa shape index (κ3) is 5.98. The average Bonchev–Trinajstić information content (AvgIpc) is 3.18. The van der Waals surface area contributed by atoms with Crippen LogP contribution in [0, 0.1) is 5.82 Å². The van der Waals surface area contributed by atoms with E-state index >= 15 is 0 Å². The first kappa shape index (κ1) is 23.4. The van der Waals surface area contributed by atoms with Crippen LogP contribution in [-0.2, 0) is 31.7 Å². The van der Waals surface area contributed by atoms with E-state index in [2.05, 4.69) is 10.2 Å². The van der Waals surface area contributed by atoms with E-state index in [-0.39, 0.29) is 23.1 Å². The van der Waals surface area contributed by atoms with Crippen LogP contribution in [0.5, 0.6) is 0 Å². The van der Waals surface area contributed by atoms with E-state index in [9.17, 15) is 17.6 Å². The van der Waals surface area contributed by atoms with Crippen molar-refractivity contribution in [2.24, 2.45) is 0 Å². The predicted molar refractivity (Wildman–Crippen MR) is 124 cm³/mol. The highest BCUT2D eigenvalue weighted by Gasteiger charge is 2.22. The van der Waals surface area contributed by atoms with Gasteiger partial charge in [0, 0.05) is 36.7 Å². The first-order chi connectivity index (χ1) is 15.9. The second-order valence-electron chi connectivity index (χ2n) is 8.18. The van der Waals surface area contributed by atoms with Crippen LogP contribution in [0.4, 0.5) is 4.39 Å². The number of carbonyl (C=O) groups excluding carboxylic acids is 1. The number of rotatable bonds is 9. The maximum Gasteiger partial charge on any atom is 0.239 e. The summed E-state index contributed by atoms with van der Waals surface area (Å²) in [5.74, 6) is -0.821. The quantitative estimate of drug-likeness (QED) is 0.483. The van der Waals surface area contributed by atoms with Gasteiger partial charge in [-0.25, -0.2) is 12.8 Å². The lowest BCUT2D eigenvalue weighted by atomic mass is 10.2. The molecule has 1 aliphatic rings. The maximum absolute atomic E-state index is 13.2. The summed E-state index contributed by atoms with van der Waals surface area (Å²) in [4.78, 5) is 15.0. The summed E-state index contributed by atoms with van der Waals surface area (Å²) in [5, 5.41) is 3.50. The van der Waals surface area contributed by atoms with Crippen LogP contribution in [-0.4, -0.2) is 63.2 Å². The number of halogens is 1. The van der Waals surface area contributed by atoms with Crippen molar-refractivity contribution < 1.29 is 22.3 Å². The molecule has 0 radical (unpaired) electrons. The molecule has 0 spiro atoms. The van der Waals surface area contributed by atoms with Crippen LogP contribution >= 0.6 is 0 Å². The number of sulfone groups is 1. The fourth-order valence-corrected chi connectivity index (χ4v) is 5.62. The number of ether oxygens (including phenoxy) is 1. The highest BCUT2D eigenvalue weighted by molar-refractivity contribution is 7.90. The third-order valence-electron chi connectivity index (χ3n) is 5.75. The number of hydrogen-bond donors (Lipinski definition) is 1. The minimum Gasteiger partial charge on any atom is -0.379 e. The molecule has 2 heterocycles. The van der Waals surface area contributed by atoms with Gasteiger partial charge in [0.15, 0.2) is 9.84 Å². The Kier molecular flexibility index (Phi) is 7.42. The Labute approximate surface area is 193 Å². The van der Waals surface area contributed by atoms with Crippen molar-refractivity contribution in [2.75, 3.05) is 39.4 Å². The Balaban J connectivity index is 1.43. The van der Waals surface area contributed by atoms with Gasteiger partial charge >= 0.3 is 0 Å². The van der Waals surface area contributed by atoms with Gasteiger partial charge in [0.1, 0.15) is 12.4 Å². The maximum atomic E-state index is 13.2. The van der Waals surface area contributed by atoms with Crippen LogP contribution in [0.2, 0.25) is 0 Å². The minimum atomic E-state index is -3.69. The summed E-state index contributed by atoms with van der Waals surface area (Å²) in [6, 6.07) is 12.6. The molecular formula is C24H28FN3O4S. The van der Waals surface area contributed by atoms with Crippen LogP contribution in [0.25, 0.3) is 10.9 Å². The molecule has 1 saturated heterocycles. The Morgan fingerprint density at radius 3 is 2.55 bits per heavy atom. The smallest absolute Gasteiger partial charge is 0.239 e. The summed E-state index contributed by atoms with van der Waals surface area (Å²) in [5.41, 5.74) is 1.19. The van der Waals surface area contributed by atoms with Crippen molar-refractivity contribution in [3.05, 3.63) is 66.1 Å². The Morgan fingerprint density at radius 1 is 1.06 bits per heavy atom. The molecule has 0 bridgehead atoms. The second kappa shape index (κ2) is 10.5.